The molecule has 0 saturated heterocycles. The van der Waals surface area contributed by atoms with Crippen molar-refractivity contribution >= 4 is 39.5 Å². The van der Waals surface area contributed by atoms with Crippen LogP contribution in [0.25, 0.3) is 0 Å². The molecular weight excluding hydrogens is 1370 g/mol. The van der Waals surface area contributed by atoms with Crippen LogP contribution in [0.3, 0.4) is 0 Å². The molecule has 3 N–H and O–H groups in total. The summed E-state index contributed by atoms with van der Waals surface area (Å²) >= 11 is 0. The summed E-state index contributed by atoms with van der Waals surface area (Å²) in [5.74, 6) is -2.10. The second-order valence-electron chi connectivity index (χ2n) is 30.9. The lowest BCUT2D eigenvalue weighted by molar-refractivity contribution is -0.161. The minimum absolute atomic E-state index is 0.109. The summed E-state index contributed by atoms with van der Waals surface area (Å²) in [5, 5.41) is 10.7. The van der Waals surface area contributed by atoms with Crippen molar-refractivity contribution in [1.29, 1.82) is 0 Å². The van der Waals surface area contributed by atoms with Gasteiger partial charge in [-0.15, -0.1) is 0 Å². The van der Waals surface area contributed by atoms with Crippen LogP contribution in [0.5, 0.6) is 0 Å². The number of hydrogen-bond donors (Lipinski definition) is 3. The molecule has 0 heterocycles. The van der Waals surface area contributed by atoms with Gasteiger partial charge < -0.3 is 33.8 Å². The summed E-state index contributed by atoms with van der Waals surface area (Å²) in [6, 6.07) is 0. The fourth-order valence-corrected chi connectivity index (χ4v) is 15.1. The Morgan fingerprint density at radius 3 is 0.562 bits per heavy atom. The molecule has 0 aliphatic carbocycles. The molecule has 0 spiro atoms. The summed E-state index contributed by atoms with van der Waals surface area (Å²) in [7, 11) is -9.93. The van der Waals surface area contributed by atoms with Crippen molar-refractivity contribution in [2.75, 3.05) is 39.6 Å². The summed E-state index contributed by atoms with van der Waals surface area (Å²) in [4.78, 5) is 73.2. The second kappa shape index (κ2) is 80.1. The van der Waals surface area contributed by atoms with E-state index in [0.29, 0.717) is 25.7 Å². The van der Waals surface area contributed by atoms with Crippen molar-refractivity contribution in [3.63, 3.8) is 0 Å². The molecule has 5 atom stereocenters. The molecule has 19 heteroatoms. The van der Waals surface area contributed by atoms with Gasteiger partial charge in [-0.1, -0.05) is 419 Å². The smallest absolute Gasteiger partial charge is 0.462 e. The number of phosphoric ester groups is 2. The molecule has 0 fully saturated rings. The van der Waals surface area contributed by atoms with Gasteiger partial charge in [-0.25, -0.2) is 9.13 Å². The predicted molar refractivity (Wildman–Crippen MR) is 432 cm³/mol. The van der Waals surface area contributed by atoms with Crippen LogP contribution in [0.1, 0.15) is 471 Å². The van der Waals surface area contributed by atoms with Gasteiger partial charge in [0, 0.05) is 25.7 Å². The number of hydrogen-bond acceptors (Lipinski definition) is 15. The van der Waals surface area contributed by atoms with E-state index in [0.717, 1.165) is 89.9 Å². The Morgan fingerprint density at radius 1 is 0.229 bits per heavy atom. The number of carbonyl (C=O) groups is 4. The van der Waals surface area contributed by atoms with E-state index in [1.807, 2.05) is 0 Å². The van der Waals surface area contributed by atoms with Crippen molar-refractivity contribution in [3.05, 3.63) is 0 Å². The Morgan fingerprint density at radius 2 is 0.381 bits per heavy atom. The van der Waals surface area contributed by atoms with E-state index >= 15 is 0 Å². The summed E-state index contributed by atoms with van der Waals surface area (Å²) in [5.41, 5.74) is 0. The number of ether oxygens (including phenoxy) is 4. The molecule has 0 radical (unpaired) electrons. The summed E-state index contributed by atoms with van der Waals surface area (Å²) in [6.45, 7) is 5.06. The highest BCUT2D eigenvalue weighted by Gasteiger charge is 2.30. The van der Waals surface area contributed by atoms with E-state index in [9.17, 15) is 43.2 Å². The van der Waals surface area contributed by atoms with Gasteiger partial charge in [0.1, 0.15) is 19.3 Å². The molecule has 624 valence electrons. The van der Waals surface area contributed by atoms with Crippen molar-refractivity contribution in [3.8, 4) is 0 Å². The monoisotopic (exact) mass is 1540 g/mol. The third-order valence-electron chi connectivity index (χ3n) is 20.4. The minimum Gasteiger partial charge on any atom is -0.462 e. The fraction of sp³-hybridized carbons (Fsp3) is 0.953. The van der Waals surface area contributed by atoms with Crippen LogP contribution in [0.15, 0.2) is 0 Å². The average Bonchev–Trinajstić information content (AvgIpc) is 0.908. The molecule has 0 amide bonds. The Balaban J connectivity index is 5.24. The molecule has 105 heavy (non-hydrogen) atoms. The minimum atomic E-state index is -4.96. The third-order valence-corrected chi connectivity index (χ3v) is 22.3. The van der Waals surface area contributed by atoms with Crippen LogP contribution in [0.2, 0.25) is 0 Å². The number of carbonyl (C=O) groups excluding carboxylic acids is 4. The van der Waals surface area contributed by atoms with E-state index in [1.165, 1.54) is 302 Å². The lowest BCUT2D eigenvalue weighted by atomic mass is 10.0. The zero-order valence-electron chi connectivity index (χ0n) is 68.7. The normalized spacial score (nSPS) is 13.7. The summed E-state index contributed by atoms with van der Waals surface area (Å²) in [6.07, 6.45) is 74.9. The average molecular weight is 1540 g/mol. The first-order chi connectivity index (χ1) is 51.2. The highest BCUT2D eigenvalue weighted by Crippen LogP contribution is 2.45. The number of aliphatic hydroxyl groups excluding tert-OH is 1. The Labute approximate surface area is 645 Å². The first kappa shape index (κ1) is 103. The molecule has 0 aliphatic heterocycles. The van der Waals surface area contributed by atoms with Gasteiger partial charge in [-0.3, -0.25) is 37.3 Å². The van der Waals surface area contributed by atoms with Gasteiger partial charge in [0.2, 0.25) is 0 Å². The number of unbranched alkanes of at least 4 members (excludes halogenated alkanes) is 61. The number of esters is 4. The van der Waals surface area contributed by atoms with E-state index in [4.69, 9.17) is 37.0 Å². The first-order valence-electron chi connectivity index (χ1n) is 44.8. The molecule has 0 saturated carbocycles. The van der Waals surface area contributed by atoms with E-state index in [2.05, 4.69) is 27.7 Å². The first-order valence-corrected chi connectivity index (χ1v) is 47.8. The van der Waals surface area contributed by atoms with Crippen LogP contribution in [-0.2, 0) is 65.4 Å². The van der Waals surface area contributed by atoms with Gasteiger partial charge in [0.05, 0.1) is 26.4 Å². The maximum Gasteiger partial charge on any atom is 0.472 e. The summed E-state index contributed by atoms with van der Waals surface area (Å²) < 4.78 is 68.9. The molecule has 0 aromatic heterocycles. The van der Waals surface area contributed by atoms with Gasteiger partial charge in [0.25, 0.3) is 0 Å². The van der Waals surface area contributed by atoms with Crippen LogP contribution < -0.4 is 0 Å². The van der Waals surface area contributed by atoms with Crippen LogP contribution >= 0.6 is 15.6 Å². The highest BCUT2D eigenvalue weighted by atomic mass is 31.2. The lowest BCUT2D eigenvalue weighted by Crippen LogP contribution is -2.30. The topological polar surface area (TPSA) is 237 Å². The standard InChI is InChI=1S/C86H168O17P2/c1-5-9-13-17-21-25-29-32-35-38-40-41-43-46-49-53-57-61-65-69-73-86(91)103-82(77-97-84(89)71-67-63-59-55-51-47-45-42-39-36-33-30-26-22-18-14-10-6-2)79-101-105(94,95)99-75-80(87)74-98-104(92,93)100-78-81(76-96-83(88)70-66-62-58-54-50-28-24-20-16-12-8-4)102-85(90)72-68-64-60-56-52-48-44-37-34-31-27-23-19-15-11-7-3/h80-82,87H,5-79H2,1-4H3,(H,92,93)(H,94,95)/t80-,81+,82+/m0/s1. The van der Waals surface area contributed by atoms with Gasteiger partial charge in [0.15, 0.2) is 12.2 Å². The highest BCUT2D eigenvalue weighted by molar-refractivity contribution is 7.47. The zero-order valence-corrected chi connectivity index (χ0v) is 70.5. The molecule has 0 aromatic rings. The lowest BCUT2D eigenvalue weighted by Gasteiger charge is -2.21. The van der Waals surface area contributed by atoms with Crippen molar-refractivity contribution in [2.45, 2.75) is 489 Å². The van der Waals surface area contributed by atoms with Gasteiger partial charge >= 0.3 is 39.5 Å². The molecule has 0 bridgehead atoms. The SMILES string of the molecule is CCCCCCCCCCCCCCCCCCCCCCC(=O)O[C@H](COC(=O)CCCCCCCCCCCCCCCCCCCC)COP(=O)(O)OC[C@@H](O)COP(=O)(O)OC[C@@H](COC(=O)CCCCCCCCCCCCC)OC(=O)CCCCCCCCCCCCCCCCCC. The molecule has 17 nitrogen and oxygen atoms in total. The molecule has 0 aliphatic rings. The van der Waals surface area contributed by atoms with Crippen molar-refractivity contribution in [2.24, 2.45) is 0 Å². The van der Waals surface area contributed by atoms with Gasteiger partial charge in [-0.05, 0) is 25.7 Å². The number of aliphatic hydroxyl groups is 1. The molecule has 0 rings (SSSR count). The Bertz CT molecular complexity index is 1980. The van der Waals surface area contributed by atoms with Crippen molar-refractivity contribution in [1.82, 2.24) is 0 Å². The van der Waals surface area contributed by atoms with Crippen LogP contribution in [0, 0.1) is 0 Å². The van der Waals surface area contributed by atoms with Gasteiger partial charge in [-0.2, -0.15) is 0 Å². The Kier molecular flexibility index (Phi) is 78.6. The fourth-order valence-electron chi connectivity index (χ4n) is 13.5. The molecule has 0 aromatic carbocycles. The van der Waals surface area contributed by atoms with Crippen LogP contribution in [-0.4, -0.2) is 96.7 Å². The predicted octanol–water partition coefficient (Wildman–Crippen LogP) is 26.5. The number of rotatable bonds is 87. The second-order valence-corrected chi connectivity index (χ2v) is 33.8. The van der Waals surface area contributed by atoms with Crippen LogP contribution in [0.4, 0.5) is 0 Å². The van der Waals surface area contributed by atoms with E-state index in [1.54, 1.807) is 0 Å². The maximum atomic E-state index is 13.1. The number of phosphoric acid groups is 2. The molecular formula is C86H168O17P2. The molecule has 2 unspecified atom stereocenters. The van der Waals surface area contributed by atoms with E-state index < -0.39 is 97.5 Å². The quantitative estimate of drug-likeness (QED) is 0.0222. The third kappa shape index (κ3) is 79.9. The zero-order chi connectivity index (χ0) is 76.7. The largest absolute Gasteiger partial charge is 0.472 e. The van der Waals surface area contributed by atoms with E-state index in [-0.39, 0.29) is 25.7 Å². The van der Waals surface area contributed by atoms with Crippen molar-refractivity contribution < 1.29 is 80.2 Å². The Hall–Kier alpha value is -1.94. The maximum absolute atomic E-state index is 13.1.